The highest BCUT2D eigenvalue weighted by Crippen LogP contribution is 2.26. The van der Waals surface area contributed by atoms with Gasteiger partial charge in [-0.1, -0.05) is 6.07 Å². The maximum Gasteiger partial charge on any atom is 0.241 e. The van der Waals surface area contributed by atoms with Crippen LogP contribution in [0, 0.1) is 13.8 Å². The number of rotatable bonds is 4. The van der Waals surface area contributed by atoms with Crippen molar-refractivity contribution in [3.05, 3.63) is 35.4 Å². The lowest BCUT2D eigenvalue weighted by molar-refractivity contribution is 0.410. The molecule has 0 fully saturated rings. The smallest absolute Gasteiger partial charge is 0.241 e. The number of fused-ring (bicyclic) bond motifs is 1. The molecule has 0 bridgehead atoms. The molecule has 130 valence electrons. The van der Waals surface area contributed by atoms with Crippen molar-refractivity contribution in [1.82, 2.24) is 19.5 Å². The van der Waals surface area contributed by atoms with Crippen LogP contribution in [0.4, 0.5) is 0 Å². The van der Waals surface area contributed by atoms with E-state index >= 15 is 0 Å². The van der Waals surface area contributed by atoms with Crippen LogP contribution in [0.1, 0.15) is 29.8 Å². The fourth-order valence-corrected chi connectivity index (χ4v) is 4.67. The van der Waals surface area contributed by atoms with Crippen LogP contribution in [0.2, 0.25) is 0 Å². The Kier molecular flexibility index (Phi) is 4.60. The minimum absolute atomic E-state index is 0.122. The van der Waals surface area contributed by atoms with Gasteiger partial charge in [-0.3, -0.25) is 0 Å². The molecule has 2 aromatic rings. The fourth-order valence-electron chi connectivity index (χ4n) is 3.13. The number of aromatic nitrogens is 3. The van der Waals surface area contributed by atoms with Gasteiger partial charge < -0.3 is 9.30 Å². The van der Waals surface area contributed by atoms with E-state index in [-0.39, 0.29) is 10.9 Å². The summed E-state index contributed by atoms with van der Waals surface area (Å²) < 4.78 is 35.7. The quantitative estimate of drug-likeness (QED) is 0.905. The minimum Gasteiger partial charge on any atom is -0.496 e. The lowest BCUT2D eigenvalue weighted by Gasteiger charge is -2.18. The summed E-state index contributed by atoms with van der Waals surface area (Å²) in [6.07, 6.45) is 3.83. The number of hydrogen-bond donors (Lipinski definition) is 1. The normalized spacial score (nSPS) is 18.0. The molecule has 7 nitrogen and oxygen atoms in total. The maximum atomic E-state index is 12.8. The second-order valence-electron chi connectivity index (χ2n) is 6.17. The highest BCUT2D eigenvalue weighted by molar-refractivity contribution is 7.89. The zero-order chi connectivity index (χ0) is 17.3. The van der Waals surface area contributed by atoms with Crippen molar-refractivity contribution in [2.75, 3.05) is 7.11 Å². The van der Waals surface area contributed by atoms with Gasteiger partial charge in [-0.15, -0.1) is 10.2 Å². The summed E-state index contributed by atoms with van der Waals surface area (Å²) in [5, 5.41) is 7.96. The molecule has 1 atom stereocenters. The fraction of sp³-hybridized carbons (Fsp3) is 0.500. The van der Waals surface area contributed by atoms with E-state index in [1.807, 2.05) is 17.6 Å². The predicted molar refractivity (Wildman–Crippen MR) is 89.5 cm³/mol. The lowest BCUT2D eigenvalue weighted by Crippen LogP contribution is -2.35. The average molecular weight is 350 g/mol. The summed E-state index contributed by atoms with van der Waals surface area (Å²) in [7, 11) is -2.06. The van der Waals surface area contributed by atoms with Gasteiger partial charge >= 0.3 is 0 Å². The molecule has 1 aliphatic heterocycles. The molecule has 0 aliphatic carbocycles. The van der Waals surface area contributed by atoms with Gasteiger partial charge in [0.1, 0.15) is 17.9 Å². The molecule has 1 N–H and O–H groups in total. The number of nitrogens with zero attached hydrogens (tertiary/aromatic N) is 3. The molecule has 0 saturated carbocycles. The van der Waals surface area contributed by atoms with Gasteiger partial charge in [-0.2, -0.15) is 0 Å². The Hall–Kier alpha value is -1.93. The molecular formula is C16H22N4O3S. The van der Waals surface area contributed by atoms with Crippen molar-refractivity contribution in [3.63, 3.8) is 0 Å². The summed E-state index contributed by atoms with van der Waals surface area (Å²) >= 11 is 0. The highest BCUT2D eigenvalue weighted by atomic mass is 32.2. The summed E-state index contributed by atoms with van der Waals surface area (Å²) in [6.45, 7) is 4.41. The van der Waals surface area contributed by atoms with Crippen molar-refractivity contribution in [2.45, 2.75) is 50.6 Å². The van der Waals surface area contributed by atoms with E-state index < -0.39 is 10.0 Å². The number of benzene rings is 1. The molecule has 1 aromatic heterocycles. The number of hydrogen-bond acceptors (Lipinski definition) is 5. The second-order valence-corrected chi connectivity index (χ2v) is 7.86. The van der Waals surface area contributed by atoms with Gasteiger partial charge in [0.15, 0.2) is 0 Å². The van der Waals surface area contributed by atoms with Crippen LogP contribution >= 0.6 is 0 Å². The molecular weight excluding hydrogens is 328 g/mol. The van der Waals surface area contributed by atoms with E-state index in [0.29, 0.717) is 37.1 Å². The van der Waals surface area contributed by atoms with Crippen LogP contribution in [0.15, 0.2) is 23.4 Å². The highest BCUT2D eigenvalue weighted by Gasteiger charge is 2.25. The van der Waals surface area contributed by atoms with Gasteiger partial charge in [-0.25, -0.2) is 13.1 Å². The van der Waals surface area contributed by atoms with E-state index in [0.717, 1.165) is 11.4 Å². The molecule has 0 spiro atoms. The van der Waals surface area contributed by atoms with Crippen molar-refractivity contribution in [2.24, 2.45) is 0 Å². The Morgan fingerprint density at radius 3 is 2.79 bits per heavy atom. The summed E-state index contributed by atoms with van der Waals surface area (Å²) in [5.74, 6) is 1.48. The third kappa shape index (κ3) is 3.29. The Labute approximate surface area is 142 Å². The molecule has 24 heavy (non-hydrogen) atoms. The molecule has 1 unspecified atom stereocenters. The standard InChI is InChI=1S/C16H22N4O3S/c1-11-8-12(2)15(9-14(11)23-3)24(21,22)19-13-4-5-16-18-17-10-20(16)7-6-13/h8-10,13,19H,4-7H2,1-3H3. The Morgan fingerprint density at radius 1 is 1.25 bits per heavy atom. The van der Waals surface area contributed by atoms with Crippen LogP contribution < -0.4 is 9.46 Å². The first-order valence-electron chi connectivity index (χ1n) is 7.95. The molecule has 0 amide bonds. The first kappa shape index (κ1) is 16.9. The van der Waals surface area contributed by atoms with Crippen LogP contribution in [-0.4, -0.2) is 36.3 Å². The average Bonchev–Trinajstić information content (AvgIpc) is 2.89. The molecule has 8 heteroatoms. The van der Waals surface area contributed by atoms with Gasteiger partial charge in [0.2, 0.25) is 10.0 Å². The molecule has 0 saturated heterocycles. The molecule has 1 aromatic carbocycles. The topological polar surface area (TPSA) is 86.1 Å². The van der Waals surface area contributed by atoms with Crippen molar-refractivity contribution < 1.29 is 13.2 Å². The third-order valence-electron chi connectivity index (χ3n) is 4.43. The van der Waals surface area contributed by atoms with Crippen molar-refractivity contribution in [1.29, 1.82) is 0 Å². The number of aryl methyl sites for hydroxylation is 4. The number of nitrogens with one attached hydrogen (secondary N) is 1. The van der Waals surface area contributed by atoms with Gasteiger partial charge in [-0.05, 0) is 37.8 Å². The SMILES string of the molecule is COc1cc(S(=O)(=O)NC2CCc3nncn3CC2)c(C)cc1C. The largest absolute Gasteiger partial charge is 0.496 e. The van der Waals surface area contributed by atoms with Gasteiger partial charge in [0.25, 0.3) is 0 Å². The first-order chi connectivity index (χ1) is 11.4. The van der Waals surface area contributed by atoms with E-state index in [9.17, 15) is 8.42 Å². The zero-order valence-electron chi connectivity index (χ0n) is 14.1. The first-order valence-corrected chi connectivity index (χ1v) is 9.43. The van der Waals surface area contributed by atoms with Crippen LogP contribution in [0.25, 0.3) is 0 Å². The van der Waals surface area contributed by atoms with Gasteiger partial charge in [0, 0.05) is 25.1 Å². The molecule has 3 rings (SSSR count). The number of methoxy groups -OCH3 is 1. The van der Waals surface area contributed by atoms with Crippen molar-refractivity contribution >= 4 is 10.0 Å². The summed E-state index contributed by atoms with van der Waals surface area (Å²) in [5.41, 5.74) is 1.63. The zero-order valence-corrected chi connectivity index (χ0v) is 14.9. The summed E-state index contributed by atoms with van der Waals surface area (Å²) in [6, 6.07) is 3.31. The van der Waals surface area contributed by atoms with Crippen molar-refractivity contribution in [3.8, 4) is 5.75 Å². The maximum absolute atomic E-state index is 12.8. The van der Waals surface area contributed by atoms with Gasteiger partial charge in [0.05, 0.1) is 12.0 Å². The summed E-state index contributed by atoms with van der Waals surface area (Å²) in [4.78, 5) is 0.272. The van der Waals surface area contributed by atoms with Crippen LogP contribution in [0.5, 0.6) is 5.75 Å². The third-order valence-corrected chi connectivity index (χ3v) is 6.10. The molecule has 2 heterocycles. The second kappa shape index (κ2) is 6.52. The minimum atomic E-state index is -3.60. The number of ether oxygens (including phenoxy) is 1. The predicted octanol–water partition coefficient (Wildman–Crippen LogP) is 1.59. The Balaban J connectivity index is 1.80. The molecule has 0 radical (unpaired) electrons. The molecule has 1 aliphatic rings. The lowest BCUT2D eigenvalue weighted by atomic mass is 10.1. The van der Waals surface area contributed by atoms with E-state index in [1.54, 1.807) is 26.4 Å². The van der Waals surface area contributed by atoms with Crippen LogP contribution in [0.3, 0.4) is 0 Å². The van der Waals surface area contributed by atoms with E-state index in [2.05, 4.69) is 14.9 Å². The van der Waals surface area contributed by atoms with E-state index in [4.69, 9.17) is 4.74 Å². The monoisotopic (exact) mass is 350 g/mol. The number of sulfonamides is 1. The Morgan fingerprint density at radius 2 is 2.04 bits per heavy atom. The van der Waals surface area contributed by atoms with Crippen LogP contribution in [-0.2, 0) is 23.0 Å². The van der Waals surface area contributed by atoms with E-state index in [1.165, 1.54) is 0 Å². The Bertz CT molecular complexity index is 823.